The van der Waals surface area contributed by atoms with Crippen LogP contribution in [0.3, 0.4) is 0 Å². The highest BCUT2D eigenvalue weighted by Crippen LogP contribution is 2.16. The Hall–Kier alpha value is -1.59. The van der Waals surface area contributed by atoms with Gasteiger partial charge < -0.3 is 20.1 Å². The molecule has 1 aliphatic rings. The molecule has 1 aliphatic heterocycles. The maximum Gasteiger partial charge on any atom is 0.227 e. The first-order chi connectivity index (χ1) is 12.0. The van der Waals surface area contributed by atoms with Gasteiger partial charge in [0.05, 0.1) is 18.6 Å². The first-order valence-corrected chi connectivity index (χ1v) is 9.31. The third-order valence-electron chi connectivity index (χ3n) is 4.72. The number of nitrogens with zero attached hydrogens (tertiary/aromatic N) is 1. The Morgan fingerprint density at radius 2 is 2.08 bits per heavy atom. The van der Waals surface area contributed by atoms with Crippen LogP contribution in [-0.2, 0) is 11.2 Å². The molecular formula is C20H32N2O3. The van der Waals surface area contributed by atoms with Crippen LogP contribution >= 0.6 is 0 Å². The first-order valence-electron chi connectivity index (χ1n) is 9.31. The van der Waals surface area contributed by atoms with E-state index < -0.39 is 6.10 Å². The van der Waals surface area contributed by atoms with E-state index in [-0.39, 0.29) is 11.8 Å². The minimum atomic E-state index is -0.529. The lowest BCUT2D eigenvalue weighted by Crippen LogP contribution is -2.49. The molecule has 1 saturated heterocycles. The van der Waals surface area contributed by atoms with Gasteiger partial charge in [-0.05, 0) is 49.9 Å². The molecule has 1 aromatic rings. The fourth-order valence-electron chi connectivity index (χ4n) is 2.99. The van der Waals surface area contributed by atoms with Crippen molar-refractivity contribution >= 4 is 5.91 Å². The molecule has 1 heterocycles. The highest BCUT2D eigenvalue weighted by molar-refractivity contribution is 5.79. The van der Waals surface area contributed by atoms with Gasteiger partial charge in [-0.2, -0.15) is 0 Å². The maximum absolute atomic E-state index is 12.3. The van der Waals surface area contributed by atoms with Crippen LogP contribution in [0.1, 0.15) is 32.3 Å². The van der Waals surface area contributed by atoms with E-state index in [0.717, 1.165) is 37.3 Å². The highest BCUT2D eigenvalue weighted by Gasteiger charge is 2.31. The second-order valence-electron chi connectivity index (χ2n) is 7.44. The molecular weight excluding hydrogens is 316 g/mol. The van der Waals surface area contributed by atoms with Crippen molar-refractivity contribution in [2.45, 2.75) is 39.2 Å². The molecule has 2 N–H and O–H groups in total. The van der Waals surface area contributed by atoms with Crippen molar-refractivity contribution in [1.82, 2.24) is 10.2 Å². The zero-order valence-electron chi connectivity index (χ0n) is 15.7. The quantitative estimate of drug-likeness (QED) is 0.755. The molecule has 0 aromatic heterocycles. The molecule has 1 aromatic carbocycles. The number of carbonyl (C=O) groups excluding carboxylic acids is 1. The smallest absolute Gasteiger partial charge is 0.227 e. The topological polar surface area (TPSA) is 61.8 Å². The number of hydrogen-bond acceptors (Lipinski definition) is 4. The lowest BCUT2D eigenvalue weighted by molar-refractivity contribution is -0.131. The summed E-state index contributed by atoms with van der Waals surface area (Å²) in [6.07, 6.45) is 1.96. The summed E-state index contributed by atoms with van der Waals surface area (Å²) in [5.41, 5.74) is 1.16. The number of carbonyl (C=O) groups is 1. The molecule has 1 amide bonds. The number of benzene rings is 1. The number of piperidine rings is 1. The van der Waals surface area contributed by atoms with E-state index in [4.69, 9.17) is 4.74 Å². The summed E-state index contributed by atoms with van der Waals surface area (Å²) in [6.45, 7) is 7.16. The van der Waals surface area contributed by atoms with Crippen LogP contribution < -0.4 is 10.1 Å². The van der Waals surface area contributed by atoms with Gasteiger partial charge in [-0.1, -0.05) is 26.0 Å². The van der Waals surface area contributed by atoms with Gasteiger partial charge in [-0.25, -0.2) is 0 Å². The van der Waals surface area contributed by atoms with E-state index in [1.54, 1.807) is 0 Å². The molecule has 0 bridgehead atoms. The van der Waals surface area contributed by atoms with Crippen molar-refractivity contribution in [1.29, 1.82) is 0 Å². The third-order valence-corrected chi connectivity index (χ3v) is 4.72. The number of rotatable bonds is 8. The first kappa shape index (κ1) is 19.7. The summed E-state index contributed by atoms with van der Waals surface area (Å²) in [6, 6.07) is 8.05. The third kappa shape index (κ3) is 6.67. The molecule has 0 spiro atoms. The fraction of sp³-hybridized carbons (Fsp3) is 0.650. The summed E-state index contributed by atoms with van der Waals surface area (Å²) < 4.78 is 5.71. The fourth-order valence-corrected chi connectivity index (χ4v) is 2.99. The van der Waals surface area contributed by atoms with Gasteiger partial charge in [0.25, 0.3) is 0 Å². The van der Waals surface area contributed by atoms with E-state index in [1.807, 2.05) is 31.3 Å². The normalized spacial score (nSPS) is 21.3. The van der Waals surface area contributed by atoms with Gasteiger partial charge in [0.2, 0.25) is 5.91 Å². The second-order valence-corrected chi connectivity index (χ2v) is 7.44. The molecule has 140 valence electrons. The molecule has 2 rings (SSSR count). The zero-order valence-corrected chi connectivity index (χ0v) is 15.7. The molecule has 0 saturated carbocycles. The predicted molar refractivity (Wildman–Crippen MR) is 99.7 cm³/mol. The summed E-state index contributed by atoms with van der Waals surface area (Å²) in [5, 5.41) is 13.0. The standard InChI is InChI=1S/C20H32N2O3/c1-15(2)10-13-25-17-6-4-16(5-7-17)8-11-21-20(24)18-14-22(3)12-9-19(18)23/h4-7,15,18-19,23H,8-14H2,1-3H3,(H,21,24)/t18-,19+/m1/s1. The Bertz CT molecular complexity index is 530. The average Bonchev–Trinajstić information content (AvgIpc) is 2.58. The van der Waals surface area contributed by atoms with E-state index >= 15 is 0 Å². The Morgan fingerprint density at radius 1 is 1.36 bits per heavy atom. The Labute approximate surface area is 151 Å². The van der Waals surface area contributed by atoms with Gasteiger partial charge in [0.1, 0.15) is 5.75 Å². The number of aliphatic hydroxyl groups is 1. The Morgan fingerprint density at radius 3 is 2.76 bits per heavy atom. The summed E-state index contributed by atoms with van der Waals surface area (Å²) in [5.74, 6) is 1.16. The van der Waals surface area contributed by atoms with Crippen LogP contribution in [0, 0.1) is 11.8 Å². The summed E-state index contributed by atoms with van der Waals surface area (Å²) >= 11 is 0. The van der Waals surface area contributed by atoms with Crippen LogP contribution in [0.25, 0.3) is 0 Å². The molecule has 0 aliphatic carbocycles. The number of hydrogen-bond donors (Lipinski definition) is 2. The van der Waals surface area contributed by atoms with Crippen molar-refractivity contribution in [2.24, 2.45) is 11.8 Å². The van der Waals surface area contributed by atoms with E-state index in [1.165, 1.54) is 0 Å². The molecule has 5 nitrogen and oxygen atoms in total. The Kier molecular flexibility index (Phi) is 7.72. The van der Waals surface area contributed by atoms with Gasteiger partial charge >= 0.3 is 0 Å². The lowest BCUT2D eigenvalue weighted by Gasteiger charge is -2.32. The highest BCUT2D eigenvalue weighted by atomic mass is 16.5. The average molecular weight is 348 g/mol. The van der Waals surface area contributed by atoms with E-state index in [9.17, 15) is 9.90 Å². The molecule has 0 radical (unpaired) electrons. The van der Waals surface area contributed by atoms with Crippen molar-refractivity contribution < 1.29 is 14.6 Å². The number of ether oxygens (including phenoxy) is 1. The number of likely N-dealkylation sites (tertiary alicyclic amines) is 1. The van der Waals surface area contributed by atoms with Crippen LogP contribution in [0.4, 0.5) is 0 Å². The molecule has 2 atom stereocenters. The molecule has 25 heavy (non-hydrogen) atoms. The van der Waals surface area contributed by atoms with Crippen LogP contribution in [-0.4, -0.2) is 55.3 Å². The maximum atomic E-state index is 12.3. The van der Waals surface area contributed by atoms with E-state index in [0.29, 0.717) is 25.4 Å². The molecule has 5 heteroatoms. The van der Waals surface area contributed by atoms with Crippen molar-refractivity contribution in [2.75, 3.05) is 33.3 Å². The van der Waals surface area contributed by atoms with Crippen LogP contribution in [0.5, 0.6) is 5.75 Å². The van der Waals surface area contributed by atoms with Crippen LogP contribution in [0.2, 0.25) is 0 Å². The molecule has 1 fully saturated rings. The SMILES string of the molecule is CC(C)CCOc1ccc(CCNC(=O)[C@@H]2CN(C)CC[C@@H]2O)cc1. The second kappa shape index (κ2) is 9.78. The van der Waals surface area contributed by atoms with Gasteiger partial charge in [0, 0.05) is 19.6 Å². The Balaban J connectivity index is 1.71. The van der Waals surface area contributed by atoms with Crippen molar-refractivity contribution in [3.63, 3.8) is 0 Å². The van der Waals surface area contributed by atoms with E-state index in [2.05, 4.69) is 24.1 Å². The zero-order chi connectivity index (χ0) is 18.2. The van der Waals surface area contributed by atoms with Gasteiger partial charge in [-0.15, -0.1) is 0 Å². The number of amides is 1. The predicted octanol–water partition coefficient (Wildman–Crippen LogP) is 2.08. The molecule has 0 unspecified atom stereocenters. The minimum Gasteiger partial charge on any atom is -0.494 e. The monoisotopic (exact) mass is 348 g/mol. The van der Waals surface area contributed by atoms with Crippen LogP contribution in [0.15, 0.2) is 24.3 Å². The number of nitrogens with one attached hydrogen (secondary N) is 1. The van der Waals surface area contributed by atoms with Gasteiger partial charge in [-0.3, -0.25) is 4.79 Å². The lowest BCUT2D eigenvalue weighted by atomic mass is 9.94. The summed E-state index contributed by atoms with van der Waals surface area (Å²) in [7, 11) is 1.98. The van der Waals surface area contributed by atoms with Crippen molar-refractivity contribution in [3.05, 3.63) is 29.8 Å². The largest absolute Gasteiger partial charge is 0.494 e. The number of aliphatic hydroxyl groups excluding tert-OH is 1. The van der Waals surface area contributed by atoms with Crippen molar-refractivity contribution in [3.8, 4) is 5.75 Å². The minimum absolute atomic E-state index is 0.0484. The van der Waals surface area contributed by atoms with Gasteiger partial charge in [0.15, 0.2) is 0 Å². The summed E-state index contributed by atoms with van der Waals surface area (Å²) in [4.78, 5) is 14.3.